The van der Waals surface area contributed by atoms with Gasteiger partial charge in [-0.1, -0.05) is 13.3 Å². The van der Waals surface area contributed by atoms with Crippen LogP contribution in [-0.4, -0.2) is 19.0 Å². The van der Waals surface area contributed by atoms with Crippen LogP contribution in [0.25, 0.3) is 0 Å². The highest BCUT2D eigenvalue weighted by atomic mass is 79.9. The molecule has 1 atom stereocenters. The Morgan fingerprint density at radius 1 is 1.58 bits per heavy atom. The summed E-state index contributed by atoms with van der Waals surface area (Å²) in [5, 5.41) is 6.16. The predicted octanol–water partition coefficient (Wildman–Crippen LogP) is 3.31. The smallest absolute Gasteiger partial charge is 0.231 e. The molecule has 0 saturated carbocycles. The van der Waals surface area contributed by atoms with Crippen LogP contribution in [0.3, 0.4) is 0 Å². The number of halogens is 2. The molecule has 0 aliphatic carbocycles. The van der Waals surface area contributed by atoms with Crippen LogP contribution in [0.2, 0.25) is 0 Å². The van der Waals surface area contributed by atoms with Gasteiger partial charge in [0.15, 0.2) is 0 Å². The van der Waals surface area contributed by atoms with Gasteiger partial charge in [0.25, 0.3) is 0 Å². The van der Waals surface area contributed by atoms with E-state index < -0.39 is 0 Å². The molecule has 1 aromatic carbocycles. The monoisotopic (exact) mass is 328 g/mol. The number of rotatable bonds is 4. The molecule has 5 heteroatoms. The van der Waals surface area contributed by atoms with Gasteiger partial charge >= 0.3 is 0 Å². The summed E-state index contributed by atoms with van der Waals surface area (Å²) in [6.07, 6.45) is 2.70. The molecule has 1 fully saturated rings. The zero-order valence-electron chi connectivity index (χ0n) is 10.9. The second-order valence-corrected chi connectivity index (χ2v) is 5.89. The number of hydrogen-bond donors (Lipinski definition) is 2. The zero-order chi connectivity index (χ0) is 13.9. The first-order valence-corrected chi connectivity index (χ1v) is 7.34. The molecule has 0 bridgehead atoms. The maximum Gasteiger partial charge on any atom is 0.231 e. The van der Waals surface area contributed by atoms with E-state index in [9.17, 15) is 9.18 Å². The Bertz CT molecular complexity index is 473. The van der Waals surface area contributed by atoms with E-state index in [-0.39, 0.29) is 17.1 Å². The molecule has 19 heavy (non-hydrogen) atoms. The van der Waals surface area contributed by atoms with Crippen LogP contribution in [0.15, 0.2) is 22.7 Å². The van der Waals surface area contributed by atoms with Crippen LogP contribution in [-0.2, 0) is 4.79 Å². The van der Waals surface area contributed by atoms with Crippen molar-refractivity contribution in [3.63, 3.8) is 0 Å². The molecule has 0 radical (unpaired) electrons. The van der Waals surface area contributed by atoms with Crippen molar-refractivity contribution in [2.24, 2.45) is 5.41 Å². The summed E-state index contributed by atoms with van der Waals surface area (Å²) in [6.45, 7) is 3.68. The molecular formula is C14H18BrFN2O. The van der Waals surface area contributed by atoms with E-state index in [1.165, 1.54) is 6.07 Å². The molecule has 1 heterocycles. The van der Waals surface area contributed by atoms with Crippen molar-refractivity contribution in [3.8, 4) is 0 Å². The number of anilines is 1. The first-order valence-electron chi connectivity index (χ1n) is 6.54. The molecular weight excluding hydrogens is 311 g/mol. The number of carbonyl (C=O) groups is 1. The van der Waals surface area contributed by atoms with E-state index in [0.717, 1.165) is 32.4 Å². The maximum absolute atomic E-state index is 13.2. The number of nitrogens with one attached hydrogen (secondary N) is 2. The van der Waals surface area contributed by atoms with Crippen molar-refractivity contribution in [3.05, 3.63) is 28.5 Å². The molecule has 1 aliphatic heterocycles. The van der Waals surface area contributed by atoms with Crippen molar-refractivity contribution in [1.82, 2.24) is 5.32 Å². The van der Waals surface area contributed by atoms with Crippen LogP contribution in [0, 0.1) is 11.2 Å². The van der Waals surface area contributed by atoms with E-state index in [2.05, 4.69) is 33.5 Å². The lowest BCUT2D eigenvalue weighted by atomic mass is 9.81. The van der Waals surface area contributed by atoms with Crippen LogP contribution >= 0.6 is 15.9 Å². The summed E-state index contributed by atoms with van der Waals surface area (Å²) in [4.78, 5) is 12.5. The highest BCUT2D eigenvalue weighted by Gasteiger charge is 2.40. The lowest BCUT2D eigenvalue weighted by molar-refractivity contribution is -0.125. The summed E-state index contributed by atoms with van der Waals surface area (Å²) in [6, 6.07) is 4.52. The Balaban J connectivity index is 2.12. The number of carbonyl (C=O) groups excluding carboxylic acids is 1. The Morgan fingerprint density at radius 3 is 2.95 bits per heavy atom. The van der Waals surface area contributed by atoms with Crippen molar-refractivity contribution in [2.45, 2.75) is 26.2 Å². The molecule has 1 aromatic rings. The van der Waals surface area contributed by atoms with Gasteiger partial charge in [0.1, 0.15) is 5.82 Å². The first kappa shape index (κ1) is 14.5. The molecule has 104 valence electrons. The predicted molar refractivity (Wildman–Crippen MR) is 77.6 cm³/mol. The van der Waals surface area contributed by atoms with Gasteiger partial charge < -0.3 is 10.6 Å². The van der Waals surface area contributed by atoms with Crippen molar-refractivity contribution in [2.75, 3.05) is 18.4 Å². The fourth-order valence-electron chi connectivity index (χ4n) is 2.58. The minimum atomic E-state index is -0.330. The van der Waals surface area contributed by atoms with Crippen molar-refractivity contribution < 1.29 is 9.18 Å². The standard InChI is InChI=1S/C14H18BrFN2O/c1-2-5-14(6-7-17-9-14)13(19)18-10-3-4-12(16)11(15)8-10/h3-4,8,17H,2,5-7,9H2,1H3,(H,18,19). The van der Waals surface area contributed by atoms with Gasteiger partial charge in [-0.05, 0) is 53.5 Å². The third-order valence-electron chi connectivity index (χ3n) is 3.63. The molecule has 1 unspecified atom stereocenters. The molecule has 1 saturated heterocycles. The van der Waals surface area contributed by atoms with Crippen molar-refractivity contribution in [1.29, 1.82) is 0 Å². The summed E-state index contributed by atoms with van der Waals surface area (Å²) < 4.78 is 13.5. The van der Waals surface area contributed by atoms with E-state index in [0.29, 0.717) is 10.2 Å². The van der Waals surface area contributed by atoms with Crippen molar-refractivity contribution >= 4 is 27.5 Å². The summed E-state index contributed by atoms with van der Waals surface area (Å²) in [7, 11) is 0. The Labute approximate surface area is 121 Å². The lowest BCUT2D eigenvalue weighted by Gasteiger charge is -2.26. The van der Waals surface area contributed by atoms with Gasteiger partial charge in [-0.25, -0.2) is 4.39 Å². The van der Waals surface area contributed by atoms with Crippen LogP contribution in [0.5, 0.6) is 0 Å². The van der Waals surface area contributed by atoms with Gasteiger partial charge in [0.2, 0.25) is 5.91 Å². The minimum absolute atomic E-state index is 0.0258. The molecule has 1 amide bonds. The Hall–Kier alpha value is -0.940. The third kappa shape index (κ3) is 3.15. The molecule has 0 aromatic heterocycles. The summed E-state index contributed by atoms with van der Waals surface area (Å²) in [5.74, 6) is -0.304. The minimum Gasteiger partial charge on any atom is -0.326 e. The van der Waals surface area contributed by atoms with Gasteiger partial charge in [-0.15, -0.1) is 0 Å². The van der Waals surface area contributed by atoms with Gasteiger partial charge in [0.05, 0.1) is 9.89 Å². The van der Waals surface area contributed by atoms with Gasteiger partial charge in [0, 0.05) is 12.2 Å². The van der Waals surface area contributed by atoms with E-state index in [1.54, 1.807) is 12.1 Å². The maximum atomic E-state index is 13.2. The fourth-order valence-corrected chi connectivity index (χ4v) is 2.96. The SMILES string of the molecule is CCCC1(C(=O)Nc2ccc(F)c(Br)c2)CCNC1. The normalized spacial score (nSPS) is 22.5. The Kier molecular flexibility index (Phi) is 4.58. The van der Waals surface area contributed by atoms with Crippen LogP contribution in [0.1, 0.15) is 26.2 Å². The molecule has 2 N–H and O–H groups in total. The highest BCUT2D eigenvalue weighted by Crippen LogP contribution is 2.33. The summed E-state index contributed by atoms with van der Waals surface area (Å²) in [5.41, 5.74) is 0.302. The number of amides is 1. The molecule has 1 aliphatic rings. The zero-order valence-corrected chi connectivity index (χ0v) is 12.5. The number of hydrogen-bond acceptors (Lipinski definition) is 2. The molecule has 0 spiro atoms. The second kappa shape index (κ2) is 6.01. The number of benzene rings is 1. The Morgan fingerprint density at radius 2 is 2.37 bits per heavy atom. The van der Waals surface area contributed by atoms with Crippen LogP contribution in [0.4, 0.5) is 10.1 Å². The van der Waals surface area contributed by atoms with Gasteiger partial charge in [-0.3, -0.25) is 4.79 Å². The average molecular weight is 329 g/mol. The largest absolute Gasteiger partial charge is 0.326 e. The lowest BCUT2D eigenvalue weighted by Crippen LogP contribution is -2.38. The first-order chi connectivity index (χ1) is 9.07. The van der Waals surface area contributed by atoms with E-state index >= 15 is 0 Å². The van der Waals surface area contributed by atoms with Crippen LogP contribution < -0.4 is 10.6 Å². The third-order valence-corrected chi connectivity index (χ3v) is 4.24. The summed E-state index contributed by atoms with van der Waals surface area (Å²) >= 11 is 3.13. The van der Waals surface area contributed by atoms with E-state index in [4.69, 9.17) is 0 Å². The topological polar surface area (TPSA) is 41.1 Å². The van der Waals surface area contributed by atoms with Gasteiger partial charge in [-0.2, -0.15) is 0 Å². The highest BCUT2D eigenvalue weighted by molar-refractivity contribution is 9.10. The molecule has 2 rings (SSSR count). The van der Waals surface area contributed by atoms with E-state index in [1.807, 2.05) is 0 Å². The quantitative estimate of drug-likeness (QED) is 0.890. The average Bonchev–Trinajstić information content (AvgIpc) is 2.84. The second-order valence-electron chi connectivity index (χ2n) is 5.04. The molecule has 3 nitrogen and oxygen atoms in total. The fraction of sp³-hybridized carbons (Fsp3) is 0.500.